The Morgan fingerprint density at radius 2 is 2.00 bits per heavy atom. The molecule has 0 amide bonds. The third kappa shape index (κ3) is 4.16. The van der Waals surface area contributed by atoms with Crippen LogP contribution in [0, 0.1) is 0 Å². The van der Waals surface area contributed by atoms with Crippen molar-refractivity contribution in [2.24, 2.45) is 5.73 Å². The van der Waals surface area contributed by atoms with E-state index in [2.05, 4.69) is 9.72 Å². The molecule has 4 nitrogen and oxygen atoms in total. The largest absolute Gasteiger partial charge is 0.455 e. The minimum absolute atomic E-state index is 0.0831. The molecule has 2 aromatic rings. The standard InChI is InChI=1S/C14H13F3N2O2/c15-14(16,17)8-21-13(20)11(18)7-9-5-6-19-12-4-2-1-3-10(9)12/h1-6,11H,7-8,18H2/t11-/m0/s1. The zero-order valence-corrected chi connectivity index (χ0v) is 10.9. The summed E-state index contributed by atoms with van der Waals surface area (Å²) in [5, 5.41) is 0.805. The first-order valence-corrected chi connectivity index (χ1v) is 6.18. The second kappa shape index (κ2) is 6.09. The summed E-state index contributed by atoms with van der Waals surface area (Å²) in [6.45, 7) is -1.63. The summed E-state index contributed by atoms with van der Waals surface area (Å²) in [7, 11) is 0. The molecule has 21 heavy (non-hydrogen) atoms. The van der Waals surface area contributed by atoms with Gasteiger partial charge in [0.25, 0.3) is 0 Å². The maximum absolute atomic E-state index is 12.0. The molecular weight excluding hydrogens is 285 g/mol. The van der Waals surface area contributed by atoms with Gasteiger partial charge in [0.1, 0.15) is 6.04 Å². The van der Waals surface area contributed by atoms with E-state index in [1.165, 1.54) is 0 Å². The lowest BCUT2D eigenvalue weighted by atomic mass is 10.0. The van der Waals surface area contributed by atoms with Crippen LogP contribution >= 0.6 is 0 Å². The summed E-state index contributed by atoms with van der Waals surface area (Å²) < 4.78 is 40.1. The Kier molecular flexibility index (Phi) is 4.42. The first-order chi connectivity index (χ1) is 9.87. The summed E-state index contributed by atoms with van der Waals surface area (Å²) in [6, 6.07) is 7.76. The molecule has 0 aliphatic carbocycles. The van der Waals surface area contributed by atoms with Gasteiger partial charge >= 0.3 is 12.1 Å². The highest BCUT2D eigenvalue weighted by Gasteiger charge is 2.30. The van der Waals surface area contributed by atoms with Crippen LogP contribution in [0.25, 0.3) is 10.9 Å². The molecule has 0 aliphatic heterocycles. The van der Waals surface area contributed by atoms with Crippen LogP contribution in [-0.4, -0.2) is 29.8 Å². The van der Waals surface area contributed by atoms with Crippen LogP contribution in [0.5, 0.6) is 0 Å². The van der Waals surface area contributed by atoms with E-state index >= 15 is 0 Å². The smallest absolute Gasteiger partial charge is 0.422 e. The van der Waals surface area contributed by atoms with Gasteiger partial charge in [0.15, 0.2) is 6.61 Å². The van der Waals surface area contributed by atoms with Gasteiger partial charge in [0, 0.05) is 11.6 Å². The Morgan fingerprint density at radius 1 is 1.29 bits per heavy atom. The zero-order valence-electron chi connectivity index (χ0n) is 10.9. The van der Waals surface area contributed by atoms with Gasteiger partial charge in [-0.05, 0) is 24.1 Å². The molecule has 7 heteroatoms. The molecule has 2 rings (SSSR count). The molecule has 112 valence electrons. The van der Waals surface area contributed by atoms with Crippen LogP contribution in [0.4, 0.5) is 13.2 Å². The topological polar surface area (TPSA) is 65.2 Å². The highest BCUT2D eigenvalue weighted by Crippen LogP contribution is 2.18. The Bertz CT molecular complexity index is 638. The molecular formula is C14H13F3N2O2. The van der Waals surface area contributed by atoms with Crippen molar-refractivity contribution in [2.75, 3.05) is 6.61 Å². The number of aromatic nitrogens is 1. The van der Waals surface area contributed by atoms with Crippen LogP contribution in [-0.2, 0) is 16.0 Å². The number of carbonyl (C=O) groups is 1. The number of halogens is 3. The van der Waals surface area contributed by atoms with Gasteiger partial charge in [-0.25, -0.2) is 0 Å². The Morgan fingerprint density at radius 3 is 2.71 bits per heavy atom. The Balaban J connectivity index is 2.08. The molecule has 1 aromatic heterocycles. The Labute approximate surface area is 118 Å². The van der Waals surface area contributed by atoms with Gasteiger partial charge in [0.05, 0.1) is 5.52 Å². The summed E-state index contributed by atoms with van der Waals surface area (Å²) in [4.78, 5) is 15.6. The molecule has 2 N–H and O–H groups in total. The van der Waals surface area contributed by atoms with Gasteiger partial charge in [-0.3, -0.25) is 9.78 Å². The highest BCUT2D eigenvalue weighted by molar-refractivity contribution is 5.83. The van der Waals surface area contributed by atoms with E-state index in [1.807, 2.05) is 12.1 Å². The number of nitrogens with two attached hydrogens (primary N) is 1. The van der Waals surface area contributed by atoms with E-state index < -0.39 is 24.8 Å². The fraction of sp³-hybridized carbons (Fsp3) is 0.286. The molecule has 0 saturated heterocycles. The van der Waals surface area contributed by atoms with Crippen LogP contribution in [0.1, 0.15) is 5.56 Å². The average molecular weight is 298 g/mol. The predicted molar refractivity (Wildman–Crippen MR) is 70.4 cm³/mol. The molecule has 0 bridgehead atoms. The number of pyridine rings is 1. The average Bonchev–Trinajstić information content (AvgIpc) is 2.44. The lowest BCUT2D eigenvalue weighted by molar-refractivity contribution is -0.187. The minimum Gasteiger partial charge on any atom is -0.455 e. The molecule has 1 heterocycles. The number of hydrogen-bond acceptors (Lipinski definition) is 4. The molecule has 0 spiro atoms. The number of para-hydroxylation sites is 1. The third-order valence-electron chi connectivity index (χ3n) is 2.86. The van der Waals surface area contributed by atoms with Crippen molar-refractivity contribution in [1.29, 1.82) is 0 Å². The number of ether oxygens (including phenoxy) is 1. The number of hydrogen-bond donors (Lipinski definition) is 1. The lowest BCUT2D eigenvalue weighted by Gasteiger charge is -2.14. The zero-order chi connectivity index (χ0) is 15.5. The number of rotatable bonds is 4. The number of nitrogens with zero attached hydrogens (tertiary/aromatic N) is 1. The van der Waals surface area contributed by atoms with Crippen LogP contribution in [0.2, 0.25) is 0 Å². The van der Waals surface area contributed by atoms with Gasteiger partial charge in [-0.2, -0.15) is 13.2 Å². The van der Waals surface area contributed by atoms with E-state index in [0.29, 0.717) is 0 Å². The highest BCUT2D eigenvalue weighted by atomic mass is 19.4. The van der Waals surface area contributed by atoms with Gasteiger partial charge in [-0.1, -0.05) is 18.2 Å². The van der Waals surface area contributed by atoms with Crippen molar-refractivity contribution in [3.8, 4) is 0 Å². The van der Waals surface area contributed by atoms with Crippen LogP contribution < -0.4 is 5.73 Å². The summed E-state index contributed by atoms with van der Waals surface area (Å²) in [5.41, 5.74) is 7.07. The molecule has 0 aliphatic rings. The van der Waals surface area contributed by atoms with Gasteiger partial charge < -0.3 is 10.5 Å². The van der Waals surface area contributed by atoms with E-state index in [-0.39, 0.29) is 6.42 Å². The number of esters is 1. The maximum Gasteiger partial charge on any atom is 0.422 e. The molecule has 1 aromatic carbocycles. The van der Waals surface area contributed by atoms with Crippen molar-refractivity contribution in [2.45, 2.75) is 18.6 Å². The van der Waals surface area contributed by atoms with Gasteiger partial charge in [-0.15, -0.1) is 0 Å². The summed E-state index contributed by atoms with van der Waals surface area (Å²) >= 11 is 0. The van der Waals surface area contributed by atoms with E-state index in [4.69, 9.17) is 5.73 Å². The summed E-state index contributed by atoms with van der Waals surface area (Å²) in [6.07, 6.45) is -2.91. The Hall–Kier alpha value is -2.15. The van der Waals surface area contributed by atoms with E-state index in [0.717, 1.165) is 16.5 Å². The molecule has 0 saturated carbocycles. The van der Waals surface area contributed by atoms with E-state index in [9.17, 15) is 18.0 Å². The van der Waals surface area contributed by atoms with Crippen molar-refractivity contribution < 1.29 is 22.7 Å². The lowest BCUT2D eigenvalue weighted by Crippen LogP contribution is -2.36. The number of fused-ring (bicyclic) bond motifs is 1. The van der Waals surface area contributed by atoms with E-state index in [1.54, 1.807) is 24.4 Å². The fourth-order valence-electron chi connectivity index (χ4n) is 1.91. The molecule has 0 unspecified atom stereocenters. The minimum atomic E-state index is -4.56. The first-order valence-electron chi connectivity index (χ1n) is 6.18. The van der Waals surface area contributed by atoms with Crippen LogP contribution in [0.15, 0.2) is 36.5 Å². The first kappa shape index (κ1) is 15.2. The number of alkyl halides is 3. The van der Waals surface area contributed by atoms with Crippen molar-refractivity contribution >= 4 is 16.9 Å². The van der Waals surface area contributed by atoms with Crippen molar-refractivity contribution in [3.05, 3.63) is 42.1 Å². The second-order valence-electron chi connectivity index (χ2n) is 4.52. The second-order valence-corrected chi connectivity index (χ2v) is 4.52. The van der Waals surface area contributed by atoms with Crippen molar-refractivity contribution in [3.63, 3.8) is 0 Å². The molecule has 1 atom stereocenters. The predicted octanol–water partition coefficient (Wildman–Crippen LogP) is 2.21. The van der Waals surface area contributed by atoms with Gasteiger partial charge in [0.2, 0.25) is 0 Å². The maximum atomic E-state index is 12.0. The van der Waals surface area contributed by atoms with Crippen LogP contribution in [0.3, 0.4) is 0 Å². The molecule has 0 radical (unpaired) electrons. The fourth-order valence-corrected chi connectivity index (χ4v) is 1.91. The normalized spacial score (nSPS) is 13.1. The summed E-state index contributed by atoms with van der Waals surface area (Å²) in [5.74, 6) is -1.08. The quantitative estimate of drug-likeness (QED) is 0.879. The van der Waals surface area contributed by atoms with Crippen molar-refractivity contribution in [1.82, 2.24) is 4.98 Å². The molecule has 0 fully saturated rings. The number of benzene rings is 1. The number of carbonyl (C=O) groups excluding carboxylic acids is 1. The third-order valence-corrected chi connectivity index (χ3v) is 2.86. The monoisotopic (exact) mass is 298 g/mol. The SMILES string of the molecule is N[C@@H](Cc1ccnc2ccccc12)C(=O)OCC(F)(F)F.